The third-order valence-electron chi connectivity index (χ3n) is 3.04. The van der Waals surface area contributed by atoms with Gasteiger partial charge in [0.25, 0.3) is 5.69 Å². The van der Waals surface area contributed by atoms with E-state index in [0.717, 1.165) is 5.56 Å². The highest BCUT2D eigenvalue weighted by atomic mass is 35.5. The number of rotatable bonds is 5. The summed E-state index contributed by atoms with van der Waals surface area (Å²) < 4.78 is 5.06. The van der Waals surface area contributed by atoms with Crippen LogP contribution in [0.1, 0.15) is 11.1 Å². The Kier molecular flexibility index (Phi) is 5.66. The summed E-state index contributed by atoms with van der Waals surface area (Å²) in [5.74, 6) is -0.830. The Labute approximate surface area is 142 Å². The maximum absolute atomic E-state index is 12.0. The van der Waals surface area contributed by atoms with Crippen molar-refractivity contribution >= 4 is 29.3 Å². The molecule has 2 aromatic carbocycles. The van der Waals surface area contributed by atoms with E-state index in [1.54, 1.807) is 30.3 Å². The maximum Gasteiger partial charge on any atom is 0.349 e. The molecular weight excluding hydrogens is 332 g/mol. The summed E-state index contributed by atoms with van der Waals surface area (Å²) in [6, 6.07) is 14.5. The van der Waals surface area contributed by atoms with Crippen LogP contribution in [0.25, 0.3) is 6.08 Å². The van der Waals surface area contributed by atoms with Crippen LogP contribution in [0.15, 0.2) is 54.1 Å². The van der Waals surface area contributed by atoms with Crippen molar-refractivity contribution in [3.8, 4) is 6.07 Å². The number of hydrogen-bond donors (Lipinski definition) is 0. The number of nitriles is 1. The Morgan fingerprint density at radius 3 is 2.62 bits per heavy atom. The second kappa shape index (κ2) is 7.90. The van der Waals surface area contributed by atoms with Gasteiger partial charge in [-0.3, -0.25) is 10.1 Å². The van der Waals surface area contributed by atoms with E-state index in [0.29, 0.717) is 0 Å². The monoisotopic (exact) mass is 342 g/mol. The van der Waals surface area contributed by atoms with Gasteiger partial charge in [0.15, 0.2) is 0 Å². The summed E-state index contributed by atoms with van der Waals surface area (Å²) >= 11 is 5.95. The molecule has 0 unspecified atom stereocenters. The van der Waals surface area contributed by atoms with Gasteiger partial charge in [0.1, 0.15) is 18.2 Å². The molecule has 0 fully saturated rings. The largest absolute Gasteiger partial charge is 0.457 e. The predicted octanol–water partition coefficient (Wildman–Crippen LogP) is 3.90. The quantitative estimate of drug-likeness (QED) is 0.270. The van der Waals surface area contributed by atoms with Gasteiger partial charge in [-0.15, -0.1) is 0 Å². The molecule has 0 bridgehead atoms. The normalized spacial score (nSPS) is 10.8. The molecule has 7 heteroatoms. The van der Waals surface area contributed by atoms with Gasteiger partial charge in [0, 0.05) is 22.7 Å². The van der Waals surface area contributed by atoms with Gasteiger partial charge in [0.2, 0.25) is 0 Å². The highest BCUT2D eigenvalue weighted by Gasteiger charge is 2.14. The minimum Gasteiger partial charge on any atom is -0.457 e. The highest BCUT2D eigenvalue weighted by molar-refractivity contribution is 6.32. The second-order valence-electron chi connectivity index (χ2n) is 4.69. The van der Waals surface area contributed by atoms with Gasteiger partial charge in [-0.05, 0) is 17.7 Å². The molecule has 0 amide bonds. The molecule has 0 aliphatic carbocycles. The summed E-state index contributed by atoms with van der Waals surface area (Å²) in [6.07, 6.45) is 1.17. The van der Waals surface area contributed by atoms with Gasteiger partial charge < -0.3 is 4.74 Å². The first-order chi connectivity index (χ1) is 11.5. The number of nitro groups is 1. The van der Waals surface area contributed by atoms with E-state index in [1.807, 2.05) is 6.07 Å². The van der Waals surface area contributed by atoms with Gasteiger partial charge in [-0.2, -0.15) is 5.26 Å². The summed E-state index contributed by atoms with van der Waals surface area (Å²) in [7, 11) is 0. The number of carbonyl (C=O) groups excluding carboxylic acids is 1. The van der Waals surface area contributed by atoms with Crippen LogP contribution in [-0.2, 0) is 16.1 Å². The number of esters is 1. The molecule has 0 saturated carbocycles. The van der Waals surface area contributed by atoms with Crippen molar-refractivity contribution in [2.75, 3.05) is 0 Å². The zero-order valence-electron chi connectivity index (χ0n) is 12.3. The first-order valence-electron chi connectivity index (χ1n) is 6.78. The number of benzene rings is 2. The van der Waals surface area contributed by atoms with E-state index in [9.17, 15) is 14.9 Å². The van der Waals surface area contributed by atoms with Crippen LogP contribution in [0, 0.1) is 21.4 Å². The van der Waals surface area contributed by atoms with E-state index >= 15 is 0 Å². The van der Waals surface area contributed by atoms with Gasteiger partial charge >= 0.3 is 5.97 Å². The summed E-state index contributed by atoms with van der Waals surface area (Å²) in [5.41, 5.74) is 0.476. The Hall–Kier alpha value is -3.17. The van der Waals surface area contributed by atoms with Crippen molar-refractivity contribution in [3.05, 3.63) is 80.4 Å². The highest BCUT2D eigenvalue weighted by Crippen LogP contribution is 2.24. The number of carbonyl (C=O) groups is 1. The van der Waals surface area contributed by atoms with Crippen LogP contribution < -0.4 is 0 Å². The smallest absolute Gasteiger partial charge is 0.349 e. The summed E-state index contributed by atoms with van der Waals surface area (Å²) in [4.78, 5) is 22.2. The summed E-state index contributed by atoms with van der Waals surface area (Å²) in [6.45, 7) is 0.0152. The van der Waals surface area contributed by atoms with Crippen LogP contribution in [0.2, 0.25) is 5.02 Å². The molecule has 0 heterocycles. The molecule has 6 nitrogen and oxygen atoms in total. The molecule has 2 aromatic rings. The van der Waals surface area contributed by atoms with Crippen molar-refractivity contribution in [3.63, 3.8) is 0 Å². The third kappa shape index (κ3) is 4.41. The lowest BCUT2D eigenvalue weighted by atomic mass is 10.1. The molecule has 2 rings (SSSR count). The number of hydrogen-bond acceptors (Lipinski definition) is 5. The molecule has 0 aromatic heterocycles. The Morgan fingerprint density at radius 2 is 2.00 bits per heavy atom. The fourth-order valence-electron chi connectivity index (χ4n) is 1.85. The van der Waals surface area contributed by atoms with E-state index in [2.05, 4.69) is 0 Å². The van der Waals surface area contributed by atoms with E-state index in [1.165, 1.54) is 24.3 Å². The molecule has 0 aliphatic heterocycles. The number of non-ortho nitro benzene ring substituents is 1. The van der Waals surface area contributed by atoms with Crippen LogP contribution >= 0.6 is 11.6 Å². The average Bonchev–Trinajstić information content (AvgIpc) is 2.59. The average molecular weight is 343 g/mol. The zero-order chi connectivity index (χ0) is 17.5. The second-order valence-corrected chi connectivity index (χ2v) is 5.10. The number of ether oxygens (including phenoxy) is 1. The summed E-state index contributed by atoms with van der Waals surface area (Å²) in [5, 5.41) is 20.1. The Morgan fingerprint density at radius 1 is 1.29 bits per heavy atom. The molecule has 0 N–H and O–H groups in total. The van der Waals surface area contributed by atoms with Gasteiger partial charge in [-0.1, -0.05) is 41.9 Å². The standard InChI is InChI=1S/C17H11ClN2O4/c18-16-7-6-15(20(22)23)9-13(16)8-14(10-19)17(21)24-11-12-4-2-1-3-5-12/h1-9H,11H2/b14-8+. The first-order valence-corrected chi connectivity index (χ1v) is 7.16. The van der Waals surface area contributed by atoms with E-state index in [4.69, 9.17) is 21.6 Å². The van der Waals surface area contributed by atoms with Crippen molar-refractivity contribution in [2.45, 2.75) is 6.61 Å². The first kappa shape index (κ1) is 17.2. The van der Waals surface area contributed by atoms with E-state index < -0.39 is 10.9 Å². The van der Waals surface area contributed by atoms with Crippen molar-refractivity contribution in [1.82, 2.24) is 0 Å². The number of nitro benzene ring substituents is 1. The number of nitrogens with zero attached hydrogens (tertiary/aromatic N) is 2. The SMILES string of the molecule is N#C/C(=C\c1cc([N+](=O)[O-])ccc1Cl)C(=O)OCc1ccccc1. The molecule has 120 valence electrons. The molecule has 0 radical (unpaired) electrons. The van der Waals surface area contributed by atoms with Crippen LogP contribution in [0.4, 0.5) is 5.69 Å². The molecule has 0 saturated heterocycles. The fraction of sp³-hybridized carbons (Fsp3) is 0.0588. The minimum atomic E-state index is -0.830. The molecular formula is C17H11ClN2O4. The van der Waals surface area contributed by atoms with Crippen LogP contribution in [0.3, 0.4) is 0 Å². The van der Waals surface area contributed by atoms with Crippen molar-refractivity contribution in [2.24, 2.45) is 0 Å². The topological polar surface area (TPSA) is 93.2 Å². The van der Waals surface area contributed by atoms with Crippen molar-refractivity contribution in [1.29, 1.82) is 5.26 Å². The van der Waals surface area contributed by atoms with Gasteiger partial charge in [-0.25, -0.2) is 4.79 Å². The lowest BCUT2D eigenvalue weighted by molar-refractivity contribution is -0.384. The number of halogens is 1. The Bertz CT molecular complexity index is 841. The minimum absolute atomic E-state index is 0.0152. The maximum atomic E-state index is 12.0. The fourth-order valence-corrected chi connectivity index (χ4v) is 2.02. The molecule has 0 aliphatic rings. The third-order valence-corrected chi connectivity index (χ3v) is 3.39. The predicted molar refractivity (Wildman–Crippen MR) is 87.9 cm³/mol. The van der Waals surface area contributed by atoms with Crippen LogP contribution in [-0.4, -0.2) is 10.9 Å². The van der Waals surface area contributed by atoms with Gasteiger partial charge in [0.05, 0.1) is 4.92 Å². The Balaban J connectivity index is 2.20. The molecule has 0 spiro atoms. The zero-order valence-corrected chi connectivity index (χ0v) is 13.1. The van der Waals surface area contributed by atoms with Crippen molar-refractivity contribution < 1.29 is 14.5 Å². The lowest BCUT2D eigenvalue weighted by Gasteiger charge is -2.04. The molecule has 0 atom stereocenters. The molecule has 24 heavy (non-hydrogen) atoms. The lowest BCUT2D eigenvalue weighted by Crippen LogP contribution is -2.06. The van der Waals surface area contributed by atoms with E-state index in [-0.39, 0.29) is 28.5 Å². The van der Waals surface area contributed by atoms with Crippen LogP contribution in [0.5, 0.6) is 0 Å².